The third-order valence-corrected chi connectivity index (χ3v) is 5.01. The molecule has 0 aliphatic heterocycles. The van der Waals surface area contributed by atoms with Gasteiger partial charge in [-0.15, -0.1) is 0 Å². The van der Waals surface area contributed by atoms with E-state index < -0.39 is 4.92 Å². The van der Waals surface area contributed by atoms with Gasteiger partial charge in [-0.2, -0.15) is 4.57 Å². The number of aromatic nitrogens is 1. The Bertz CT molecular complexity index is 1170. The molecule has 152 valence electrons. The van der Waals surface area contributed by atoms with Gasteiger partial charge in [-0.25, -0.2) is 0 Å². The molecule has 1 aromatic heterocycles. The molecule has 0 saturated carbocycles. The molecule has 2 aromatic carbocycles. The van der Waals surface area contributed by atoms with Crippen LogP contribution in [0.25, 0.3) is 11.5 Å². The number of nitrogens with one attached hydrogen (secondary N) is 1. The first-order valence-corrected chi connectivity index (χ1v) is 9.72. The maximum atomic E-state index is 11.4. The molecule has 6 nitrogen and oxygen atoms in total. The number of pyridine rings is 1. The Morgan fingerprint density at radius 3 is 2.47 bits per heavy atom. The summed E-state index contributed by atoms with van der Waals surface area (Å²) in [5.74, 6) is -0.153. The van der Waals surface area contributed by atoms with Gasteiger partial charge >= 0.3 is 0 Å². The molecule has 0 unspecified atom stereocenters. The van der Waals surface area contributed by atoms with Crippen molar-refractivity contribution in [2.45, 2.75) is 20.8 Å². The number of para-hydroxylation sites is 1. The molecule has 3 aromatic rings. The molecule has 0 bridgehead atoms. The smallest absolute Gasteiger partial charge is 0.288 e. The number of nitrogens with zero attached hydrogens (tertiary/aromatic N) is 2. The monoisotopic (exact) mass is 420 g/mol. The van der Waals surface area contributed by atoms with E-state index in [1.165, 1.54) is 6.07 Å². The van der Waals surface area contributed by atoms with Crippen LogP contribution in [-0.2, 0) is 0 Å². The first-order chi connectivity index (χ1) is 14.3. The summed E-state index contributed by atoms with van der Waals surface area (Å²) in [6.07, 6.45) is 3.60. The summed E-state index contributed by atoms with van der Waals surface area (Å²) in [6, 6.07) is 16.1. The number of hydrogen-bond acceptors (Lipinski definition) is 4. The van der Waals surface area contributed by atoms with Crippen LogP contribution in [0.1, 0.15) is 22.3 Å². The Balaban J connectivity index is 2.16. The van der Waals surface area contributed by atoms with Gasteiger partial charge < -0.3 is 10.4 Å². The van der Waals surface area contributed by atoms with Crippen LogP contribution in [0.5, 0.6) is 0 Å². The zero-order valence-corrected chi connectivity index (χ0v) is 17.7. The van der Waals surface area contributed by atoms with E-state index in [-0.39, 0.29) is 11.4 Å². The molecule has 0 spiro atoms. The van der Waals surface area contributed by atoms with Crippen molar-refractivity contribution in [2.24, 2.45) is 0 Å². The summed E-state index contributed by atoms with van der Waals surface area (Å²) < 4.78 is 1.71. The number of benzene rings is 2. The number of anilines is 1. The molecular formula is C23H22N3O3S+. The van der Waals surface area contributed by atoms with Crippen molar-refractivity contribution in [1.29, 1.82) is 0 Å². The van der Waals surface area contributed by atoms with Gasteiger partial charge in [0.25, 0.3) is 11.4 Å². The highest BCUT2D eigenvalue weighted by Crippen LogP contribution is 2.26. The minimum absolute atomic E-state index is 0.0644. The number of thiocarbonyl (C=S) groups is 1. The van der Waals surface area contributed by atoms with Gasteiger partial charge in [0.2, 0.25) is 0 Å². The average Bonchev–Trinajstić information content (AvgIpc) is 2.70. The van der Waals surface area contributed by atoms with Crippen molar-refractivity contribution < 1.29 is 14.6 Å². The fraction of sp³-hybridized carbons (Fsp3) is 0.130. The second kappa shape index (κ2) is 8.84. The van der Waals surface area contributed by atoms with Crippen molar-refractivity contribution in [3.8, 4) is 0 Å². The standard InChI is InChI=1S/C23H21N3O3S/c1-15-7-6-12-25(14-15)21(23(30)24-19-9-5-4-8-16(19)2)22(27)18-11-10-17(3)20(13-18)26(28)29/h4-14H,1-3H3,(H-,24,27,30)/p+1. The Morgan fingerprint density at radius 1 is 1.07 bits per heavy atom. The van der Waals surface area contributed by atoms with Crippen LogP contribution in [0.4, 0.5) is 11.4 Å². The predicted molar refractivity (Wildman–Crippen MR) is 122 cm³/mol. The summed E-state index contributed by atoms with van der Waals surface area (Å²) in [7, 11) is 0. The maximum Gasteiger partial charge on any atom is 0.288 e. The summed E-state index contributed by atoms with van der Waals surface area (Å²) in [5.41, 5.74) is 3.87. The van der Waals surface area contributed by atoms with Crippen molar-refractivity contribution in [3.63, 3.8) is 0 Å². The molecule has 0 atom stereocenters. The molecule has 0 aliphatic rings. The largest absolute Gasteiger partial charge is 0.502 e. The van der Waals surface area contributed by atoms with Gasteiger partial charge in [-0.3, -0.25) is 10.1 Å². The van der Waals surface area contributed by atoms with E-state index in [0.29, 0.717) is 21.8 Å². The zero-order valence-electron chi connectivity index (χ0n) is 16.9. The van der Waals surface area contributed by atoms with E-state index in [4.69, 9.17) is 12.2 Å². The molecular weight excluding hydrogens is 398 g/mol. The third-order valence-electron chi connectivity index (χ3n) is 4.72. The van der Waals surface area contributed by atoms with E-state index in [9.17, 15) is 15.2 Å². The lowest BCUT2D eigenvalue weighted by Gasteiger charge is -2.12. The Hall–Kier alpha value is -3.58. The van der Waals surface area contributed by atoms with E-state index in [1.54, 1.807) is 29.8 Å². The number of rotatable bonds is 5. The van der Waals surface area contributed by atoms with Gasteiger partial charge in [0.1, 0.15) is 0 Å². The highest BCUT2D eigenvalue weighted by molar-refractivity contribution is 7.81. The van der Waals surface area contributed by atoms with Crippen LogP contribution in [-0.4, -0.2) is 15.0 Å². The van der Waals surface area contributed by atoms with Gasteiger partial charge in [0, 0.05) is 34.5 Å². The maximum absolute atomic E-state index is 11.4. The van der Waals surface area contributed by atoms with Crippen molar-refractivity contribution >= 4 is 40.0 Å². The van der Waals surface area contributed by atoms with Crippen molar-refractivity contribution in [2.75, 3.05) is 5.32 Å². The summed E-state index contributed by atoms with van der Waals surface area (Å²) in [6.45, 7) is 5.54. The van der Waals surface area contributed by atoms with Gasteiger partial charge in [-0.1, -0.05) is 42.5 Å². The summed E-state index contributed by atoms with van der Waals surface area (Å²) >= 11 is 5.65. The Labute approximate surface area is 180 Å². The molecule has 3 rings (SSSR count). The first-order valence-electron chi connectivity index (χ1n) is 9.32. The van der Waals surface area contributed by atoms with Crippen LogP contribution < -0.4 is 9.88 Å². The number of aliphatic hydroxyl groups excluding tert-OH is 1. The molecule has 30 heavy (non-hydrogen) atoms. The summed E-state index contributed by atoms with van der Waals surface area (Å²) in [5, 5.41) is 25.7. The number of hydrogen-bond donors (Lipinski definition) is 2. The lowest BCUT2D eigenvalue weighted by atomic mass is 10.1. The minimum Gasteiger partial charge on any atom is -0.502 e. The van der Waals surface area contributed by atoms with Crippen LogP contribution in [0.2, 0.25) is 0 Å². The van der Waals surface area contributed by atoms with Gasteiger partial charge in [0.15, 0.2) is 23.1 Å². The highest BCUT2D eigenvalue weighted by atomic mass is 32.1. The fourth-order valence-corrected chi connectivity index (χ4v) is 3.38. The second-order valence-electron chi connectivity index (χ2n) is 7.01. The van der Waals surface area contributed by atoms with Crippen molar-refractivity contribution in [3.05, 3.63) is 99.4 Å². The predicted octanol–water partition coefficient (Wildman–Crippen LogP) is 5.13. The SMILES string of the molecule is Cc1ccc[n+](C(C(=S)Nc2ccccc2C)=C(O)c2ccc(C)c([N+](=O)[O-])c2)c1. The highest BCUT2D eigenvalue weighted by Gasteiger charge is 2.25. The Morgan fingerprint density at radius 2 is 1.80 bits per heavy atom. The molecule has 0 fully saturated rings. The minimum atomic E-state index is -0.463. The van der Waals surface area contributed by atoms with E-state index in [1.807, 2.05) is 56.4 Å². The number of nitro groups is 1. The Kier molecular flexibility index (Phi) is 6.23. The molecule has 2 N–H and O–H groups in total. The molecule has 7 heteroatoms. The topological polar surface area (TPSA) is 79.3 Å². The second-order valence-corrected chi connectivity index (χ2v) is 7.42. The van der Waals surface area contributed by atoms with E-state index in [2.05, 4.69) is 5.32 Å². The first kappa shape index (κ1) is 21.1. The number of aliphatic hydroxyl groups is 1. The van der Waals surface area contributed by atoms with Gasteiger partial charge in [-0.05, 0) is 38.5 Å². The number of nitro benzene ring substituents is 1. The summed E-state index contributed by atoms with van der Waals surface area (Å²) in [4.78, 5) is 11.2. The number of aryl methyl sites for hydroxylation is 3. The lowest BCUT2D eigenvalue weighted by Crippen LogP contribution is -2.38. The van der Waals surface area contributed by atoms with E-state index in [0.717, 1.165) is 16.8 Å². The molecule has 0 aliphatic carbocycles. The van der Waals surface area contributed by atoms with Gasteiger partial charge in [0.05, 0.1) is 4.92 Å². The fourth-order valence-electron chi connectivity index (χ4n) is 3.06. The van der Waals surface area contributed by atoms with Crippen LogP contribution in [0.15, 0.2) is 67.0 Å². The van der Waals surface area contributed by atoms with Crippen molar-refractivity contribution in [1.82, 2.24) is 0 Å². The normalized spacial score (nSPS) is 11.6. The third kappa shape index (κ3) is 4.52. The van der Waals surface area contributed by atoms with Crippen LogP contribution in [0.3, 0.4) is 0 Å². The molecule has 0 radical (unpaired) electrons. The quantitative estimate of drug-likeness (QED) is 0.149. The molecule has 1 heterocycles. The molecule has 0 saturated heterocycles. The van der Waals surface area contributed by atoms with E-state index >= 15 is 0 Å². The molecule has 0 amide bonds. The lowest BCUT2D eigenvalue weighted by molar-refractivity contribution is -0.576. The van der Waals surface area contributed by atoms with Crippen LogP contribution in [0, 0.1) is 30.9 Å². The zero-order chi connectivity index (χ0) is 21.8. The van der Waals surface area contributed by atoms with Crippen LogP contribution >= 0.6 is 12.2 Å². The average molecular weight is 421 g/mol.